The summed E-state index contributed by atoms with van der Waals surface area (Å²) in [6.07, 6.45) is -4.34. The van der Waals surface area contributed by atoms with Crippen molar-refractivity contribution < 1.29 is 29.3 Å². The Hall–Kier alpha value is -1.14. The van der Waals surface area contributed by atoms with E-state index < -0.39 is 30.3 Å². The Labute approximate surface area is 74.1 Å². The largest absolute Gasteiger partial charge is 0.460 e. The average molecular weight is 190 g/mol. The molecule has 0 saturated carbocycles. The molecule has 0 aliphatic carbocycles. The number of aliphatic hydroxyl groups excluding tert-OH is 2. The van der Waals surface area contributed by atoms with E-state index in [1.54, 1.807) is 0 Å². The Morgan fingerprint density at radius 2 is 1.77 bits per heavy atom. The van der Waals surface area contributed by atoms with Gasteiger partial charge in [-0.1, -0.05) is 0 Å². The highest BCUT2D eigenvalue weighted by Gasteiger charge is 2.36. The molecular weight excluding hydrogens is 180 g/mol. The predicted molar refractivity (Wildman–Crippen MR) is 38.5 cm³/mol. The van der Waals surface area contributed by atoms with Gasteiger partial charge >= 0.3 is 11.9 Å². The molecule has 3 unspecified atom stereocenters. The van der Waals surface area contributed by atoms with Gasteiger partial charge in [0.25, 0.3) is 0 Å². The van der Waals surface area contributed by atoms with Gasteiger partial charge in [-0.3, -0.25) is 0 Å². The SMILES string of the molecule is CC1COC(=O)C(O)C(O)C(=O)O1. The van der Waals surface area contributed by atoms with Crippen LogP contribution in [0.4, 0.5) is 0 Å². The summed E-state index contributed by atoms with van der Waals surface area (Å²) in [4.78, 5) is 21.7. The van der Waals surface area contributed by atoms with Crippen LogP contribution < -0.4 is 0 Å². The van der Waals surface area contributed by atoms with Crippen LogP contribution in [0.25, 0.3) is 0 Å². The highest BCUT2D eigenvalue weighted by molar-refractivity contribution is 5.85. The maximum atomic E-state index is 10.9. The van der Waals surface area contributed by atoms with E-state index in [1.165, 1.54) is 6.92 Å². The van der Waals surface area contributed by atoms with Gasteiger partial charge in [0.15, 0.2) is 12.2 Å². The quantitative estimate of drug-likeness (QED) is 0.437. The Kier molecular flexibility index (Phi) is 2.84. The number of cyclic esters (lactones) is 2. The Bertz CT molecular complexity index is 225. The van der Waals surface area contributed by atoms with Crippen molar-refractivity contribution in [1.29, 1.82) is 0 Å². The summed E-state index contributed by atoms with van der Waals surface area (Å²) in [6.45, 7) is 1.39. The second-order valence-electron chi connectivity index (χ2n) is 2.77. The van der Waals surface area contributed by atoms with Crippen molar-refractivity contribution in [3.63, 3.8) is 0 Å². The molecule has 0 aromatic heterocycles. The number of carbonyl (C=O) groups is 2. The maximum absolute atomic E-state index is 10.9. The zero-order valence-corrected chi connectivity index (χ0v) is 6.97. The summed E-state index contributed by atoms with van der Waals surface area (Å²) in [5.74, 6) is -2.03. The number of hydrogen-bond donors (Lipinski definition) is 2. The van der Waals surface area contributed by atoms with Gasteiger partial charge in [0.1, 0.15) is 12.7 Å². The highest BCUT2D eigenvalue weighted by atomic mass is 16.6. The van der Waals surface area contributed by atoms with E-state index in [1.807, 2.05) is 0 Å². The number of aliphatic hydroxyl groups is 2. The fraction of sp³-hybridized carbons (Fsp3) is 0.714. The molecule has 74 valence electrons. The van der Waals surface area contributed by atoms with Gasteiger partial charge in [0, 0.05) is 0 Å². The standard InChI is InChI=1S/C7H10O6/c1-3-2-12-6(10)4(8)5(9)7(11)13-3/h3-5,8-9H,2H2,1H3. The topological polar surface area (TPSA) is 93.1 Å². The second kappa shape index (κ2) is 3.71. The van der Waals surface area contributed by atoms with Crippen molar-refractivity contribution in [3.05, 3.63) is 0 Å². The van der Waals surface area contributed by atoms with Crippen LogP contribution in [-0.2, 0) is 19.1 Å². The number of carbonyl (C=O) groups excluding carboxylic acids is 2. The summed E-state index contributed by atoms with van der Waals surface area (Å²) >= 11 is 0. The number of rotatable bonds is 0. The summed E-state index contributed by atoms with van der Waals surface area (Å²) in [5.41, 5.74) is 0. The second-order valence-corrected chi connectivity index (χ2v) is 2.77. The minimum atomic E-state index is -1.87. The third kappa shape index (κ3) is 2.16. The monoisotopic (exact) mass is 190 g/mol. The van der Waals surface area contributed by atoms with Gasteiger partial charge in [0.05, 0.1) is 0 Å². The molecule has 1 fully saturated rings. The molecule has 0 spiro atoms. The van der Waals surface area contributed by atoms with E-state index in [-0.39, 0.29) is 6.61 Å². The Balaban J connectivity index is 2.73. The number of esters is 2. The van der Waals surface area contributed by atoms with Crippen LogP contribution in [0, 0.1) is 0 Å². The molecule has 0 radical (unpaired) electrons. The van der Waals surface area contributed by atoms with E-state index in [4.69, 9.17) is 10.2 Å². The molecule has 0 bridgehead atoms. The zero-order chi connectivity index (χ0) is 10.0. The third-order valence-electron chi connectivity index (χ3n) is 1.56. The third-order valence-corrected chi connectivity index (χ3v) is 1.56. The first-order valence-electron chi connectivity index (χ1n) is 3.75. The molecule has 1 rings (SSSR count). The summed E-state index contributed by atoms with van der Waals surface area (Å²) in [5, 5.41) is 18.0. The maximum Gasteiger partial charge on any atom is 0.338 e. The first-order valence-corrected chi connectivity index (χ1v) is 3.75. The number of ether oxygens (including phenoxy) is 2. The summed E-state index contributed by atoms with van der Waals surface area (Å²) in [6, 6.07) is 0. The Morgan fingerprint density at radius 3 is 2.38 bits per heavy atom. The molecule has 1 saturated heterocycles. The molecular formula is C7H10O6. The van der Waals surface area contributed by atoms with Gasteiger partial charge in [-0.05, 0) is 6.92 Å². The van der Waals surface area contributed by atoms with Gasteiger partial charge in [-0.25, -0.2) is 9.59 Å². The molecule has 1 aliphatic rings. The van der Waals surface area contributed by atoms with Gasteiger partial charge in [0.2, 0.25) is 0 Å². The summed E-state index contributed by atoms with van der Waals surface area (Å²) < 4.78 is 9.10. The molecule has 3 atom stereocenters. The first-order chi connectivity index (χ1) is 6.02. The van der Waals surface area contributed by atoms with Crippen LogP contribution in [0.5, 0.6) is 0 Å². The molecule has 6 heteroatoms. The lowest BCUT2D eigenvalue weighted by Gasteiger charge is -2.22. The first kappa shape index (κ1) is 9.94. The zero-order valence-electron chi connectivity index (χ0n) is 6.97. The normalized spacial score (nSPS) is 35.8. The molecule has 1 heterocycles. The molecule has 6 nitrogen and oxygen atoms in total. The minimum absolute atomic E-state index is 0.117. The molecule has 0 aromatic rings. The van der Waals surface area contributed by atoms with Crippen molar-refractivity contribution in [2.45, 2.75) is 25.2 Å². The van der Waals surface area contributed by atoms with Crippen molar-refractivity contribution in [2.24, 2.45) is 0 Å². The van der Waals surface area contributed by atoms with E-state index in [0.29, 0.717) is 0 Å². The van der Waals surface area contributed by atoms with Crippen LogP contribution in [0.1, 0.15) is 6.92 Å². The molecule has 1 aliphatic heterocycles. The van der Waals surface area contributed by atoms with E-state index in [9.17, 15) is 9.59 Å². The molecule has 0 aromatic carbocycles. The molecule has 0 amide bonds. The van der Waals surface area contributed by atoms with Crippen molar-refractivity contribution in [3.8, 4) is 0 Å². The lowest BCUT2D eigenvalue weighted by Crippen LogP contribution is -2.46. The minimum Gasteiger partial charge on any atom is -0.460 e. The van der Waals surface area contributed by atoms with E-state index in [2.05, 4.69) is 9.47 Å². The van der Waals surface area contributed by atoms with Crippen LogP contribution >= 0.6 is 0 Å². The predicted octanol–water partition coefficient (Wildman–Crippen LogP) is -1.80. The van der Waals surface area contributed by atoms with Gasteiger partial charge < -0.3 is 19.7 Å². The van der Waals surface area contributed by atoms with Crippen LogP contribution in [0.15, 0.2) is 0 Å². The van der Waals surface area contributed by atoms with Crippen molar-refractivity contribution in [1.82, 2.24) is 0 Å². The van der Waals surface area contributed by atoms with Crippen molar-refractivity contribution >= 4 is 11.9 Å². The Morgan fingerprint density at radius 1 is 1.23 bits per heavy atom. The van der Waals surface area contributed by atoms with E-state index >= 15 is 0 Å². The summed E-state index contributed by atoms with van der Waals surface area (Å²) in [7, 11) is 0. The van der Waals surface area contributed by atoms with Gasteiger partial charge in [-0.2, -0.15) is 0 Å². The fourth-order valence-electron chi connectivity index (χ4n) is 0.845. The number of hydrogen-bond acceptors (Lipinski definition) is 6. The molecule has 13 heavy (non-hydrogen) atoms. The van der Waals surface area contributed by atoms with Crippen LogP contribution in [0.2, 0.25) is 0 Å². The van der Waals surface area contributed by atoms with Gasteiger partial charge in [-0.15, -0.1) is 0 Å². The lowest BCUT2D eigenvalue weighted by molar-refractivity contribution is -0.187. The van der Waals surface area contributed by atoms with Crippen LogP contribution in [-0.4, -0.2) is 47.1 Å². The van der Waals surface area contributed by atoms with E-state index in [0.717, 1.165) is 0 Å². The fourth-order valence-corrected chi connectivity index (χ4v) is 0.845. The highest BCUT2D eigenvalue weighted by Crippen LogP contribution is 2.07. The molecule has 2 N–H and O–H groups in total. The van der Waals surface area contributed by atoms with Crippen LogP contribution in [0.3, 0.4) is 0 Å². The smallest absolute Gasteiger partial charge is 0.338 e. The van der Waals surface area contributed by atoms with Crippen molar-refractivity contribution in [2.75, 3.05) is 6.61 Å². The lowest BCUT2D eigenvalue weighted by atomic mass is 10.2. The average Bonchev–Trinajstić information content (AvgIpc) is 2.10.